The van der Waals surface area contributed by atoms with E-state index in [9.17, 15) is 9.59 Å². The van der Waals surface area contributed by atoms with E-state index in [2.05, 4.69) is 15.0 Å². The normalized spacial score (nSPS) is 16.8. The summed E-state index contributed by atoms with van der Waals surface area (Å²) in [5, 5.41) is 4.02. The second-order valence-corrected chi connectivity index (χ2v) is 7.96. The molecule has 3 rings (SSSR count). The van der Waals surface area contributed by atoms with Crippen molar-refractivity contribution >= 4 is 35.1 Å². The van der Waals surface area contributed by atoms with Crippen LogP contribution < -0.4 is 5.32 Å². The lowest BCUT2D eigenvalue weighted by atomic mass is 10.1. The van der Waals surface area contributed by atoms with Crippen molar-refractivity contribution in [1.82, 2.24) is 10.2 Å². The standard InChI is InChI=1S/C22H24Cl2N2O4/c1-29-22(28)17-5-2-15(3-6-17)11-21(27)25-12-18-14-26(8-9-30-18)13-16-4-7-19(23)20(24)10-16/h2-7,10,18H,8-9,11-14H2,1H3,(H,25,27)/t18-/m0/s1. The number of carbonyl (C=O) groups is 2. The summed E-state index contributed by atoms with van der Waals surface area (Å²) in [6.45, 7) is 3.33. The first-order valence-corrected chi connectivity index (χ1v) is 10.4. The number of hydrogen-bond donors (Lipinski definition) is 1. The molecule has 2 aromatic rings. The summed E-state index contributed by atoms with van der Waals surface area (Å²) in [5.74, 6) is -0.489. The van der Waals surface area contributed by atoms with Crippen molar-refractivity contribution in [3.63, 3.8) is 0 Å². The van der Waals surface area contributed by atoms with Gasteiger partial charge in [0.15, 0.2) is 0 Å². The third-order valence-corrected chi connectivity index (χ3v) is 5.62. The molecule has 0 aliphatic carbocycles. The van der Waals surface area contributed by atoms with Crippen LogP contribution in [-0.4, -0.2) is 56.2 Å². The van der Waals surface area contributed by atoms with Gasteiger partial charge in [0.25, 0.3) is 0 Å². The molecule has 0 saturated carbocycles. The minimum Gasteiger partial charge on any atom is -0.465 e. The van der Waals surface area contributed by atoms with Crippen LogP contribution in [0, 0.1) is 0 Å². The molecule has 0 bridgehead atoms. The molecule has 1 saturated heterocycles. The lowest BCUT2D eigenvalue weighted by molar-refractivity contribution is -0.121. The molecule has 30 heavy (non-hydrogen) atoms. The van der Waals surface area contributed by atoms with Gasteiger partial charge in [-0.25, -0.2) is 4.79 Å². The van der Waals surface area contributed by atoms with E-state index in [-0.39, 0.29) is 18.4 Å². The number of halogens is 2. The van der Waals surface area contributed by atoms with Crippen molar-refractivity contribution in [3.05, 3.63) is 69.2 Å². The first-order chi connectivity index (χ1) is 14.4. The highest BCUT2D eigenvalue weighted by molar-refractivity contribution is 6.42. The molecular weight excluding hydrogens is 427 g/mol. The largest absolute Gasteiger partial charge is 0.465 e. The lowest BCUT2D eigenvalue weighted by Crippen LogP contribution is -2.47. The predicted octanol–water partition coefficient (Wildman–Crippen LogP) is 3.34. The number of methoxy groups -OCH3 is 1. The van der Waals surface area contributed by atoms with Crippen molar-refractivity contribution in [2.45, 2.75) is 19.1 Å². The Morgan fingerprint density at radius 1 is 1.13 bits per heavy atom. The molecule has 0 unspecified atom stereocenters. The van der Waals surface area contributed by atoms with Crippen LogP contribution >= 0.6 is 23.2 Å². The van der Waals surface area contributed by atoms with E-state index in [1.165, 1.54) is 7.11 Å². The molecule has 1 atom stereocenters. The summed E-state index contributed by atoms with van der Waals surface area (Å²) in [6, 6.07) is 12.5. The molecule has 1 fully saturated rings. The molecule has 1 heterocycles. The number of amides is 1. The van der Waals surface area contributed by atoms with Crippen molar-refractivity contribution in [2.24, 2.45) is 0 Å². The van der Waals surface area contributed by atoms with Gasteiger partial charge in [-0.1, -0.05) is 41.4 Å². The number of esters is 1. The maximum absolute atomic E-state index is 12.3. The molecule has 8 heteroatoms. The van der Waals surface area contributed by atoms with Gasteiger partial charge < -0.3 is 14.8 Å². The van der Waals surface area contributed by atoms with Gasteiger partial charge in [0.1, 0.15) is 0 Å². The van der Waals surface area contributed by atoms with E-state index in [4.69, 9.17) is 27.9 Å². The zero-order chi connectivity index (χ0) is 21.5. The second-order valence-electron chi connectivity index (χ2n) is 7.15. The van der Waals surface area contributed by atoms with Crippen LogP contribution in [-0.2, 0) is 27.2 Å². The highest BCUT2D eigenvalue weighted by atomic mass is 35.5. The van der Waals surface area contributed by atoms with Crippen molar-refractivity contribution < 1.29 is 19.1 Å². The number of hydrogen-bond acceptors (Lipinski definition) is 5. The number of benzene rings is 2. The number of carbonyl (C=O) groups excluding carboxylic acids is 2. The Bertz CT molecular complexity index is 889. The van der Waals surface area contributed by atoms with Gasteiger partial charge >= 0.3 is 5.97 Å². The van der Waals surface area contributed by atoms with E-state index in [1.807, 2.05) is 12.1 Å². The highest BCUT2D eigenvalue weighted by Gasteiger charge is 2.21. The molecule has 160 valence electrons. The minimum absolute atomic E-state index is 0.0767. The Labute approximate surface area is 186 Å². The van der Waals surface area contributed by atoms with Crippen LogP contribution in [0.5, 0.6) is 0 Å². The molecule has 1 aliphatic heterocycles. The lowest BCUT2D eigenvalue weighted by Gasteiger charge is -2.33. The van der Waals surface area contributed by atoms with Gasteiger partial charge in [-0.05, 0) is 35.4 Å². The summed E-state index contributed by atoms with van der Waals surface area (Å²) >= 11 is 12.1. The molecular formula is C22H24Cl2N2O4. The smallest absolute Gasteiger partial charge is 0.337 e. The molecule has 0 radical (unpaired) electrons. The molecule has 0 aromatic heterocycles. The van der Waals surface area contributed by atoms with Gasteiger partial charge in [-0.3, -0.25) is 9.69 Å². The Kier molecular flexibility index (Phi) is 8.10. The van der Waals surface area contributed by atoms with E-state index in [1.54, 1.807) is 30.3 Å². The van der Waals surface area contributed by atoms with Gasteiger partial charge in [-0.2, -0.15) is 0 Å². The molecule has 1 aliphatic rings. The topological polar surface area (TPSA) is 67.9 Å². The average molecular weight is 451 g/mol. The van der Waals surface area contributed by atoms with Crippen LogP contribution in [0.4, 0.5) is 0 Å². The fraction of sp³-hybridized carbons (Fsp3) is 0.364. The van der Waals surface area contributed by atoms with E-state index >= 15 is 0 Å². The van der Waals surface area contributed by atoms with Gasteiger partial charge in [0.2, 0.25) is 5.91 Å². The maximum Gasteiger partial charge on any atom is 0.337 e. The molecule has 1 N–H and O–H groups in total. The maximum atomic E-state index is 12.3. The zero-order valence-corrected chi connectivity index (χ0v) is 18.2. The van der Waals surface area contributed by atoms with Crippen molar-refractivity contribution in [3.8, 4) is 0 Å². The molecule has 6 nitrogen and oxygen atoms in total. The zero-order valence-electron chi connectivity index (χ0n) is 16.7. The number of nitrogens with zero attached hydrogens (tertiary/aromatic N) is 1. The number of rotatable bonds is 7. The van der Waals surface area contributed by atoms with Crippen LogP contribution in [0.1, 0.15) is 21.5 Å². The van der Waals surface area contributed by atoms with E-state index < -0.39 is 5.97 Å². The van der Waals surface area contributed by atoms with Crippen LogP contribution in [0.3, 0.4) is 0 Å². The number of morpholine rings is 1. The first-order valence-electron chi connectivity index (χ1n) is 9.66. The van der Waals surface area contributed by atoms with Gasteiger partial charge in [-0.15, -0.1) is 0 Å². The fourth-order valence-electron chi connectivity index (χ4n) is 3.30. The van der Waals surface area contributed by atoms with Crippen LogP contribution in [0.25, 0.3) is 0 Å². The number of nitrogens with one attached hydrogen (secondary N) is 1. The third kappa shape index (κ3) is 6.44. The third-order valence-electron chi connectivity index (χ3n) is 4.88. The Hall–Kier alpha value is -2.12. The number of ether oxygens (including phenoxy) is 2. The van der Waals surface area contributed by atoms with Crippen LogP contribution in [0.2, 0.25) is 10.0 Å². The minimum atomic E-state index is -0.397. The SMILES string of the molecule is COC(=O)c1ccc(CC(=O)NC[C@H]2CN(Cc3ccc(Cl)c(Cl)c3)CCO2)cc1. The molecule has 2 aromatic carbocycles. The fourth-order valence-corrected chi connectivity index (χ4v) is 3.62. The molecule has 0 spiro atoms. The monoisotopic (exact) mass is 450 g/mol. The second kappa shape index (κ2) is 10.8. The van der Waals surface area contributed by atoms with Gasteiger partial charge in [0, 0.05) is 26.2 Å². The Morgan fingerprint density at radius 2 is 1.87 bits per heavy atom. The summed E-state index contributed by atoms with van der Waals surface area (Å²) in [6.07, 6.45) is 0.161. The summed E-state index contributed by atoms with van der Waals surface area (Å²) in [5.41, 5.74) is 2.37. The Morgan fingerprint density at radius 3 is 2.57 bits per heavy atom. The molecule has 1 amide bonds. The summed E-state index contributed by atoms with van der Waals surface area (Å²) in [4.78, 5) is 26.0. The van der Waals surface area contributed by atoms with E-state index in [0.717, 1.165) is 24.2 Å². The summed E-state index contributed by atoms with van der Waals surface area (Å²) < 4.78 is 10.5. The first kappa shape index (κ1) is 22.6. The predicted molar refractivity (Wildman–Crippen MR) is 116 cm³/mol. The van der Waals surface area contributed by atoms with Crippen LogP contribution in [0.15, 0.2) is 42.5 Å². The Balaban J connectivity index is 1.45. The average Bonchev–Trinajstić information content (AvgIpc) is 2.75. The van der Waals surface area contributed by atoms with Crippen molar-refractivity contribution in [1.29, 1.82) is 0 Å². The van der Waals surface area contributed by atoms with Crippen molar-refractivity contribution in [2.75, 3.05) is 33.4 Å². The summed E-state index contributed by atoms with van der Waals surface area (Å²) in [7, 11) is 1.34. The quantitative estimate of drug-likeness (QED) is 0.655. The van der Waals surface area contributed by atoms with E-state index in [0.29, 0.717) is 35.3 Å². The van der Waals surface area contributed by atoms with Gasteiger partial charge in [0.05, 0.1) is 41.9 Å². The highest BCUT2D eigenvalue weighted by Crippen LogP contribution is 2.23.